The third kappa shape index (κ3) is 2.45. The van der Waals surface area contributed by atoms with E-state index in [1.165, 1.54) is 4.68 Å². The van der Waals surface area contributed by atoms with E-state index in [0.717, 1.165) is 11.1 Å². The standard InChI is InChI=1S/C13H12N2O/c1-15-13(16)9-12(10-14-15)8-7-11-5-3-2-4-6-11/h2-10H,1H3/b8-7+. The Labute approximate surface area is 93.7 Å². The van der Waals surface area contributed by atoms with Crippen LogP contribution in [-0.2, 0) is 7.05 Å². The van der Waals surface area contributed by atoms with Crippen LogP contribution in [0.15, 0.2) is 47.4 Å². The molecule has 0 saturated carbocycles. The molecule has 0 unspecified atom stereocenters. The van der Waals surface area contributed by atoms with Crippen LogP contribution < -0.4 is 5.56 Å². The number of aryl methyl sites for hydroxylation is 1. The highest BCUT2D eigenvalue weighted by Gasteiger charge is 1.92. The Kier molecular flexibility index (Phi) is 2.96. The zero-order valence-corrected chi connectivity index (χ0v) is 9.00. The maximum Gasteiger partial charge on any atom is 0.267 e. The fourth-order valence-corrected chi connectivity index (χ4v) is 1.33. The van der Waals surface area contributed by atoms with Crippen LogP contribution in [0.4, 0.5) is 0 Å². The van der Waals surface area contributed by atoms with Crippen LogP contribution in [0.5, 0.6) is 0 Å². The van der Waals surface area contributed by atoms with E-state index in [9.17, 15) is 4.79 Å². The van der Waals surface area contributed by atoms with E-state index in [-0.39, 0.29) is 5.56 Å². The van der Waals surface area contributed by atoms with Crippen molar-refractivity contribution in [2.75, 3.05) is 0 Å². The van der Waals surface area contributed by atoms with Crippen molar-refractivity contribution in [2.24, 2.45) is 7.05 Å². The Morgan fingerprint density at radius 2 is 1.81 bits per heavy atom. The van der Waals surface area contributed by atoms with Crippen molar-refractivity contribution in [1.29, 1.82) is 0 Å². The second-order valence-corrected chi connectivity index (χ2v) is 3.49. The molecule has 2 aromatic rings. The summed E-state index contributed by atoms with van der Waals surface area (Å²) in [5, 5.41) is 3.94. The molecule has 0 aliphatic heterocycles. The van der Waals surface area contributed by atoms with Crippen LogP contribution in [0.25, 0.3) is 12.2 Å². The van der Waals surface area contributed by atoms with Crippen LogP contribution in [0.3, 0.4) is 0 Å². The molecule has 1 aromatic heterocycles. The lowest BCUT2D eigenvalue weighted by Gasteiger charge is -1.96. The van der Waals surface area contributed by atoms with Gasteiger partial charge in [0.1, 0.15) is 0 Å². The van der Waals surface area contributed by atoms with Crippen molar-refractivity contribution >= 4 is 12.2 Å². The van der Waals surface area contributed by atoms with Crippen LogP contribution in [0, 0.1) is 0 Å². The maximum absolute atomic E-state index is 11.3. The van der Waals surface area contributed by atoms with Gasteiger partial charge in [0, 0.05) is 18.7 Å². The summed E-state index contributed by atoms with van der Waals surface area (Å²) in [6, 6.07) is 11.5. The van der Waals surface area contributed by atoms with Gasteiger partial charge >= 0.3 is 0 Å². The molecule has 0 amide bonds. The van der Waals surface area contributed by atoms with Gasteiger partial charge in [-0.15, -0.1) is 0 Å². The first-order chi connectivity index (χ1) is 7.75. The number of benzene rings is 1. The molecule has 2 rings (SSSR count). The average molecular weight is 212 g/mol. The first-order valence-electron chi connectivity index (χ1n) is 5.02. The lowest BCUT2D eigenvalue weighted by molar-refractivity contribution is 0.706. The lowest BCUT2D eigenvalue weighted by Crippen LogP contribution is -2.17. The summed E-state index contributed by atoms with van der Waals surface area (Å²) in [7, 11) is 1.63. The minimum atomic E-state index is -0.102. The van der Waals surface area contributed by atoms with Crippen LogP contribution >= 0.6 is 0 Å². The molecule has 80 valence electrons. The number of hydrogen-bond acceptors (Lipinski definition) is 2. The Balaban J connectivity index is 2.24. The highest BCUT2D eigenvalue weighted by Crippen LogP contribution is 2.05. The number of aromatic nitrogens is 2. The molecule has 0 radical (unpaired) electrons. The Morgan fingerprint density at radius 3 is 2.50 bits per heavy atom. The Hall–Kier alpha value is -2.16. The predicted octanol–water partition coefficient (Wildman–Crippen LogP) is 1.95. The predicted molar refractivity (Wildman–Crippen MR) is 64.8 cm³/mol. The first-order valence-corrected chi connectivity index (χ1v) is 5.02. The van der Waals surface area contributed by atoms with E-state index in [4.69, 9.17) is 0 Å². The van der Waals surface area contributed by atoms with E-state index in [1.54, 1.807) is 19.3 Å². The maximum atomic E-state index is 11.3. The second-order valence-electron chi connectivity index (χ2n) is 3.49. The van der Waals surface area contributed by atoms with Crippen molar-refractivity contribution < 1.29 is 0 Å². The van der Waals surface area contributed by atoms with E-state index in [2.05, 4.69) is 5.10 Å². The topological polar surface area (TPSA) is 34.9 Å². The van der Waals surface area contributed by atoms with Gasteiger partial charge in [-0.2, -0.15) is 5.10 Å². The van der Waals surface area contributed by atoms with E-state index in [1.807, 2.05) is 42.5 Å². The summed E-state index contributed by atoms with van der Waals surface area (Å²) in [5.74, 6) is 0. The first kappa shape index (κ1) is 10.4. The molecule has 3 heteroatoms. The van der Waals surface area contributed by atoms with Gasteiger partial charge in [-0.3, -0.25) is 4.79 Å². The van der Waals surface area contributed by atoms with Gasteiger partial charge in [0.05, 0.1) is 6.20 Å². The van der Waals surface area contributed by atoms with E-state index in [0.29, 0.717) is 0 Å². The second kappa shape index (κ2) is 4.57. The molecule has 0 spiro atoms. The molecular formula is C13H12N2O. The molecule has 0 N–H and O–H groups in total. The largest absolute Gasteiger partial charge is 0.268 e. The summed E-state index contributed by atoms with van der Waals surface area (Å²) < 4.78 is 1.31. The van der Waals surface area contributed by atoms with Gasteiger partial charge in [0.25, 0.3) is 5.56 Å². The molecular weight excluding hydrogens is 200 g/mol. The number of nitrogens with zero attached hydrogens (tertiary/aromatic N) is 2. The van der Waals surface area contributed by atoms with Gasteiger partial charge < -0.3 is 0 Å². The number of hydrogen-bond donors (Lipinski definition) is 0. The fourth-order valence-electron chi connectivity index (χ4n) is 1.33. The summed E-state index contributed by atoms with van der Waals surface area (Å²) in [5.41, 5.74) is 1.81. The zero-order chi connectivity index (χ0) is 11.4. The monoisotopic (exact) mass is 212 g/mol. The molecule has 0 saturated heterocycles. The molecule has 0 bridgehead atoms. The van der Waals surface area contributed by atoms with Crippen LogP contribution in [0.1, 0.15) is 11.1 Å². The van der Waals surface area contributed by atoms with Crippen molar-refractivity contribution in [1.82, 2.24) is 9.78 Å². The lowest BCUT2D eigenvalue weighted by atomic mass is 10.2. The summed E-state index contributed by atoms with van der Waals surface area (Å²) >= 11 is 0. The molecule has 16 heavy (non-hydrogen) atoms. The van der Waals surface area contributed by atoms with E-state index < -0.39 is 0 Å². The summed E-state index contributed by atoms with van der Waals surface area (Å²) in [6.07, 6.45) is 5.50. The van der Waals surface area contributed by atoms with Crippen LogP contribution in [-0.4, -0.2) is 9.78 Å². The van der Waals surface area contributed by atoms with Gasteiger partial charge in [0.15, 0.2) is 0 Å². The highest BCUT2D eigenvalue weighted by molar-refractivity contribution is 5.68. The third-order valence-corrected chi connectivity index (χ3v) is 2.26. The zero-order valence-electron chi connectivity index (χ0n) is 9.00. The van der Waals surface area contributed by atoms with Crippen molar-refractivity contribution in [2.45, 2.75) is 0 Å². The van der Waals surface area contributed by atoms with Crippen LogP contribution in [0.2, 0.25) is 0 Å². The molecule has 3 nitrogen and oxygen atoms in total. The quantitative estimate of drug-likeness (QED) is 0.762. The smallest absolute Gasteiger partial charge is 0.267 e. The van der Waals surface area contributed by atoms with Gasteiger partial charge in [-0.1, -0.05) is 42.5 Å². The summed E-state index contributed by atoms with van der Waals surface area (Å²) in [4.78, 5) is 11.3. The minimum absolute atomic E-state index is 0.102. The molecule has 0 aliphatic rings. The van der Waals surface area contributed by atoms with Gasteiger partial charge in [-0.25, -0.2) is 4.68 Å². The van der Waals surface area contributed by atoms with Crippen molar-refractivity contribution in [3.63, 3.8) is 0 Å². The summed E-state index contributed by atoms with van der Waals surface area (Å²) in [6.45, 7) is 0. The molecule has 0 fully saturated rings. The van der Waals surface area contributed by atoms with Crippen molar-refractivity contribution in [3.05, 3.63) is 64.1 Å². The third-order valence-electron chi connectivity index (χ3n) is 2.26. The fraction of sp³-hybridized carbons (Fsp3) is 0.0769. The number of rotatable bonds is 2. The normalized spacial score (nSPS) is 10.8. The van der Waals surface area contributed by atoms with E-state index >= 15 is 0 Å². The Morgan fingerprint density at radius 1 is 1.12 bits per heavy atom. The molecule has 1 heterocycles. The van der Waals surface area contributed by atoms with Gasteiger partial charge in [0.2, 0.25) is 0 Å². The average Bonchev–Trinajstić information content (AvgIpc) is 2.32. The molecule has 1 aromatic carbocycles. The molecule has 0 aliphatic carbocycles. The van der Waals surface area contributed by atoms with Crippen molar-refractivity contribution in [3.8, 4) is 0 Å². The van der Waals surface area contributed by atoms with Gasteiger partial charge in [-0.05, 0) is 5.56 Å². The highest BCUT2D eigenvalue weighted by atomic mass is 16.1. The minimum Gasteiger partial charge on any atom is -0.268 e. The Bertz CT molecular complexity index is 556. The molecule has 0 atom stereocenters. The SMILES string of the molecule is Cn1ncc(/C=C/c2ccccc2)cc1=O.